The van der Waals surface area contributed by atoms with Crippen LogP contribution in [0.1, 0.15) is 65.8 Å². The molecule has 0 saturated heterocycles. The normalized spacial score (nSPS) is 8.43. The molecular weight excluding hydrogens is 296 g/mol. The van der Waals surface area contributed by atoms with Crippen molar-refractivity contribution in [3.8, 4) is 0 Å². The van der Waals surface area contributed by atoms with Gasteiger partial charge in [0.2, 0.25) is 0 Å². The van der Waals surface area contributed by atoms with Gasteiger partial charge in [-0.2, -0.15) is 0 Å². The highest BCUT2D eigenvalue weighted by molar-refractivity contribution is 7.19. The Labute approximate surface area is 148 Å². The lowest BCUT2D eigenvalue weighted by atomic mass is 10.1. The van der Waals surface area contributed by atoms with Crippen LogP contribution in [0.3, 0.4) is 0 Å². The zero-order valence-electron chi connectivity index (χ0n) is 16.9. The predicted octanol–water partition coefficient (Wildman–Crippen LogP) is 8.78. The van der Waals surface area contributed by atoms with E-state index in [-0.39, 0.29) is 0 Å². The highest BCUT2D eigenvalue weighted by atomic mass is 32.1. The molecule has 3 rings (SSSR count). The first-order valence-corrected chi connectivity index (χ1v) is 9.96. The molecule has 0 spiro atoms. The fraction of sp³-hybridized carbons (Fsp3) is 0.455. The van der Waals surface area contributed by atoms with Crippen LogP contribution in [0.4, 0.5) is 0 Å². The van der Waals surface area contributed by atoms with Gasteiger partial charge < -0.3 is 0 Å². The van der Waals surface area contributed by atoms with Gasteiger partial charge in [0.15, 0.2) is 0 Å². The molecule has 0 aliphatic carbocycles. The van der Waals surface area contributed by atoms with Gasteiger partial charge in [-0.05, 0) is 47.7 Å². The number of aryl methyl sites for hydroxylation is 2. The third kappa shape index (κ3) is 6.35. The van der Waals surface area contributed by atoms with Gasteiger partial charge in [0.1, 0.15) is 0 Å². The second-order valence-corrected chi connectivity index (χ2v) is 5.24. The molecule has 130 valence electrons. The molecular formula is C22H36S. The van der Waals surface area contributed by atoms with E-state index < -0.39 is 0 Å². The first kappa shape index (κ1) is 23.9. The lowest BCUT2D eigenvalue weighted by molar-refractivity contribution is 1.47. The highest BCUT2D eigenvalue weighted by Crippen LogP contribution is 2.33. The smallest absolute Gasteiger partial charge is 0.0354 e. The molecule has 0 nitrogen and oxygen atoms in total. The average molecular weight is 333 g/mol. The van der Waals surface area contributed by atoms with E-state index in [9.17, 15) is 0 Å². The molecule has 1 aromatic heterocycles. The van der Waals surface area contributed by atoms with Gasteiger partial charge in [-0.15, -0.1) is 11.3 Å². The van der Waals surface area contributed by atoms with E-state index in [1.54, 1.807) is 0 Å². The fourth-order valence-corrected chi connectivity index (χ4v) is 3.13. The van der Waals surface area contributed by atoms with Crippen LogP contribution >= 0.6 is 11.3 Å². The molecule has 0 aliphatic rings. The number of hydrogen-bond acceptors (Lipinski definition) is 1. The Morgan fingerprint density at radius 1 is 0.652 bits per heavy atom. The van der Waals surface area contributed by atoms with E-state index in [2.05, 4.69) is 50.2 Å². The summed E-state index contributed by atoms with van der Waals surface area (Å²) in [6.45, 7) is 20.4. The average Bonchev–Trinajstić information content (AvgIpc) is 2.93. The summed E-state index contributed by atoms with van der Waals surface area (Å²) in [6.07, 6.45) is 0. The Kier molecular flexibility index (Phi) is 14.8. The van der Waals surface area contributed by atoms with Gasteiger partial charge in [0.25, 0.3) is 0 Å². The SMILES string of the molecule is CC.CC.CC.CC.Cc1sc2cc3ccccc3cc2c1C. The molecule has 0 atom stereocenters. The first-order valence-electron chi connectivity index (χ1n) is 9.14. The summed E-state index contributed by atoms with van der Waals surface area (Å²) in [6, 6.07) is 13.2. The zero-order chi connectivity index (χ0) is 18.4. The van der Waals surface area contributed by atoms with Crippen molar-refractivity contribution in [1.82, 2.24) is 0 Å². The van der Waals surface area contributed by atoms with Crippen molar-refractivity contribution in [2.45, 2.75) is 69.2 Å². The van der Waals surface area contributed by atoms with Crippen LogP contribution in [0.2, 0.25) is 0 Å². The van der Waals surface area contributed by atoms with Gasteiger partial charge in [-0.3, -0.25) is 0 Å². The zero-order valence-corrected chi connectivity index (χ0v) is 17.7. The largest absolute Gasteiger partial charge is 0.140 e. The monoisotopic (exact) mass is 332 g/mol. The Morgan fingerprint density at radius 3 is 1.57 bits per heavy atom. The lowest BCUT2D eigenvalue weighted by Gasteiger charge is -1.98. The number of fused-ring (bicyclic) bond motifs is 2. The maximum absolute atomic E-state index is 2.31. The molecule has 0 N–H and O–H groups in total. The van der Waals surface area contributed by atoms with E-state index in [1.165, 1.54) is 31.3 Å². The van der Waals surface area contributed by atoms with Crippen LogP contribution in [0.5, 0.6) is 0 Å². The molecule has 23 heavy (non-hydrogen) atoms. The summed E-state index contributed by atoms with van der Waals surface area (Å²) in [7, 11) is 0. The second kappa shape index (κ2) is 14.3. The van der Waals surface area contributed by atoms with Gasteiger partial charge in [0.05, 0.1) is 0 Å². The third-order valence-corrected chi connectivity index (χ3v) is 4.21. The molecule has 0 saturated carbocycles. The van der Waals surface area contributed by atoms with Gasteiger partial charge in [0, 0.05) is 9.58 Å². The Balaban J connectivity index is 0. The molecule has 2 aromatic carbocycles. The van der Waals surface area contributed by atoms with Crippen LogP contribution in [0, 0.1) is 13.8 Å². The van der Waals surface area contributed by atoms with Crippen molar-refractivity contribution >= 4 is 32.2 Å². The summed E-state index contributed by atoms with van der Waals surface area (Å²) in [5, 5.41) is 4.09. The maximum Gasteiger partial charge on any atom is 0.0354 e. The van der Waals surface area contributed by atoms with Gasteiger partial charge in [-0.1, -0.05) is 79.7 Å². The minimum atomic E-state index is 1.34. The molecule has 3 aromatic rings. The van der Waals surface area contributed by atoms with E-state index in [1.807, 2.05) is 66.7 Å². The summed E-state index contributed by atoms with van der Waals surface area (Å²) >= 11 is 1.89. The van der Waals surface area contributed by atoms with Crippen molar-refractivity contribution in [3.63, 3.8) is 0 Å². The van der Waals surface area contributed by atoms with Crippen molar-refractivity contribution in [3.05, 3.63) is 46.8 Å². The molecule has 0 bridgehead atoms. The molecule has 0 unspecified atom stereocenters. The summed E-state index contributed by atoms with van der Waals surface area (Å²) in [5.41, 5.74) is 1.43. The molecule has 0 fully saturated rings. The second-order valence-electron chi connectivity index (χ2n) is 3.98. The van der Waals surface area contributed by atoms with Crippen LogP contribution < -0.4 is 0 Å². The van der Waals surface area contributed by atoms with Crippen molar-refractivity contribution in [2.75, 3.05) is 0 Å². The Hall–Kier alpha value is -1.34. The quantitative estimate of drug-likeness (QED) is 0.386. The molecule has 1 heterocycles. The van der Waals surface area contributed by atoms with E-state index >= 15 is 0 Å². The lowest BCUT2D eigenvalue weighted by Crippen LogP contribution is -1.73. The standard InChI is InChI=1S/C14H12S.4C2H6/c1-9-10(2)15-14-8-12-6-4-3-5-11(12)7-13(9)14;4*1-2/h3-8H,1-2H3;4*1-2H3. The van der Waals surface area contributed by atoms with Gasteiger partial charge in [-0.25, -0.2) is 0 Å². The van der Waals surface area contributed by atoms with Crippen molar-refractivity contribution in [1.29, 1.82) is 0 Å². The maximum atomic E-state index is 2.31. The molecule has 0 amide bonds. The predicted molar refractivity (Wildman–Crippen MR) is 114 cm³/mol. The minimum absolute atomic E-state index is 1.34. The summed E-state index contributed by atoms with van der Waals surface area (Å²) in [5.74, 6) is 0. The van der Waals surface area contributed by atoms with E-state index in [4.69, 9.17) is 0 Å². The van der Waals surface area contributed by atoms with Crippen LogP contribution in [0.25, 0.3) is 20.9 Å². The van der Waals surface area contributed by atoms with Crippen molar-refractivity contribution in [2.24, 2.45) is 0 Å². The summed E-state index contributed by atoms with van der Waals surface area (Å²) in [4.78, 5) is 1.43. The molecule has 0 aliphatic heterocycles. The van der Waals surface area contributed by atoms with Crippen LogP contribution in [0.15, 0.2) is 36.4 Å². The third-order valence-electron chi connectivity index (χ3n) is 3.04. The first-order chi connectivity index (χ1) is 11.3. The Morgan fingerprint density at radius 2 is 1.09 bits per heavy atom. The Bertz CT molecular complexity index is 647. The van der Waals surface area contributed by atoms with Crippen LogP contribution in [-0.4, -0.2) is 0 Å². The molecule has 0 radical (unpaired) electrons. The highest BCUT2D eigenvalue weighted by Gasteiger charge is 2.05. The number of benzene rings is 2. The van der Waals surface area contributed by atoms with Gasteiger partial charge >= 0.3 is 0 Å². The van der Waals surface area contributed by atoms with Crippen molar-refractivity contribution < 1.29 is 0 Å². The number of hydrogen-bond donors (Lipinski definition) is 0. The number of thiophene rings is 1. The molecule has 1 heteroatoms. The van der Waals surface area contributed by atoms with E-state index in [0.29, 0.717) is 0 Å². The van der Waals surface area contributed by atoms with E-state index in [0.717, 1.165) is 0 Å². The number of rotatable bonds is 0. The fourth-order valence-electron chi connectivity index (χ4n) is 2.03. The topological polar surface area (TPSA) is 0 Å². The summed E-state index contributed by atoms with van der Waals surface area (Å²) < 4.78 is 1.41. The van der Waals surface area contributed by atoms with Crippen LogP contribution in [-0.2, 0) is 0 Å². The minimum Gasteiger partial charge on any atom is -0.140 e.